The van der Waals surface area contributed by atoms with E-state index in [9.17, 15) is 18.0 Å². The van der Waals surface area contributed by atoms with Gasteiger partial charge in [-0.05, 0) is 19.9 Å². The lowest BCUT2D eigenvalue weighted by Crippen LogP contribution is -2.48. The lowest BCUT2D eigenvalue weighted by molar-refractivity contribution is -0.146. The van der Waals surface area contributed by atoms with E-state index in [1.165, 1.54) is 18.0 Å². The summed E-state index contributed by atoms with van der Waals surface area (Å²) in [4.78, 5) is 25.1. The van der Waals surface area contributed by atoms with E-state index in [4.69, 9.17) is 48.3 Å². The van der Waals surface area contributed by atoms with E-state index < -0.39 is 45.9 Å². The van der Waals surface area contributed by atoms with Gasteiger partial charge in [-0.15, -0.1) is 6.58 Å². The minimum atomic E-state index is -4.69. The number of halogens is 3. The van der Waals surface area contributed by atoms with Crippen molar-refractivity contribution in [2.24, 2.45) is 0 Å². The summed E-state index contributed by atoms with van der Waals surface area (Å²) in [5.41, 5.74) is 0. The van der Waals surface area contributed by atoms with E-state index in [1.807, 2.05) is 0 Å². The molecule has 1 unspecified atom stereocenters. The fourth-order valence-corrected chi connectivity index (χ4v) is 3.07. The van der Waals surface area contributed by atoms with Crippen LogP contribution < -0.4 is 0 Å². The van der Waals surface area contributed by atoms with Gasteiger partial charge >= 0.3 is 29.5 Å². The monoisotopic (exact) mass is 477 g/mol. The molecule has 158 valence electrons. The number of hydrogen-bond donors (Lipinski definition) is 0. The number of hydrogen-bond acceptors (Lipinski definition) is 9. The molecule has 0 amide bonds. The van der Waals surface area contributed by atoms with Crippen molar-refractivity contribution in [1.29, 1.82) is 0 Å². The van der Waals surface area contributed by atoms with Crippen LogP contribution >= 0.6 is 34.8 Å². The molecule has 0 radical (unpaired) electrons. The molecule has 1 saturated heterocycles. The van der Waals surface area contributed by atoms with E-state index in [1.54, 1.807) is 12.2 Å². The number of rotatable bonds is 9. The van der Waals surface area contributed by atoms with Crippen molar-refractivity contribution < 1.29 is 35.7 Å². The average molecular weight is 479 g/mol. The number of carbonyl (C=O) groups is 2. The molecule has 28 heavy (non-hydrogen) atoms. The smallest absolute Gasteiger partial charge is 0.496 e. The zero-order valence-corrected chi connectivity index (χ0v) is 18.0. The van der Waals surface area contributed by atoms with E-state index >= 15 is 0 Å². The quantitative estimate of drug-likeness (QED) is 0.211. The Hall–Kier alpha value is -0.815. The largest absolute Gasteiger partial charge is 0.635 e. The SMILES string of the molecule is C=CCC/C=C/C(OS(=O)(=O)OCC(Cl)(Cl)Cl)B1OC(=O)CN(C)CC(=O)O1. The predicted molar refractivity (Wildman–Crippen MR) is 104 cm³/mol. The lowest BCUT2D eigenvalue weighted by Gasteiger charge is -2.25. The summed E-state index contributed by atoms with van der Waals surface area (Å²) in [7, 11) is -4.83. The molecule has 1 atom stereocenters. The van der Waals surface area contributed by atoms with Gasteiger partial charge in [-0.3, -0.25) is 14.5 Å². The summed E-state index contributed by atoms with van der Waals surface area (Å²) in [5, 5.41) is 0. The van der Waals surface area contributed by atoms with Crippen molar-refractivity contribution >= 4 is 64.3 Å². The highest BCUT2D eigenvalue weighted by Crippen LogP contribution is 2.27. The van der Waals surface area contributed by atoms with Gasteiger partial charge in [-0.1, -0.05) is 53.0 Å². The Morgan fingerprint density at radius 3 is 2.32 bits per heavy atom. The van der Waals surface area contributed by atoms with Gasteiger partial charge in [0.15, 0.2) is 6.00 Å². The number of nitrogens with zero attached hydrogens (tertiary/aromatic N) is 1. The average Bonchev–Trinajstić information content (AvgIpc) is 2.53. The van der Waals surface area contributed by atoms with Gasteiger partial charge in [-0.2, -0.15) is 8.42 Å². The third-order valence-corrected chi connectivity index (χ3v) is 4.21. The molecule has 0 saturated carbocycles. The molecule has 0 aromatic carbocycles. The Morgan fingerprint density at radius 1 is 1.25 bits per heavy atom. The predicted octanol–water partition coefficient (Wildman–Crippen LogP) is 1.58. The van der Waals surface area contributed by atoms with E-state index in [0.29, 0.717) is 12.8 Å². The maximum absolute atomic E-state index is 12.0. The summed E-state index contributed by atoms with van der Waals surface area (Å²) in [5.74, 6) is -1.49. The summed E-state index contributed by atoms with van der Waals surface area (Å²) in [6.07, 6.45) is 5.52. The van der Waals surface area contributed by atoms with Crippen LogP contribution in [0.3, 0.4) is 0 Å². The zero-order valence-electron chi connectivity index (χ0n) is 14.9. The van der Waals surface area contributed by atoms with Gasteiger partial charge in [0, 0.05) is 0 Å². The van der Waals surface area contributed by atoms with Crippen molar-refractivity contribution in [1.82, 2.24) is 4.90 Å². The summed E-state index contributed by atoms with van der Waals surface area (Å²) in [6, 6.07) is -1.51. The lowest BCUT2D eigenvalue weighted by atomic mass is 9.80. The molecule has 0 aliphatic carbocycles. The molecule has 1 rings (SSSR count). The summed E-state index contributed by atoms with van der Waals surface area (Å²) < 4.78 is 41.5. The molecular weight excluding hydrogens is 459 g/mol. The van der Waals surface area contributed by atoms with Crippen LogP contribution in [0.4, 0.5) is 0 Å². The molecular formula is C14H19BCl3NO8S. The molecule has 0 aromatic heterocycles. The minimum Gasteiger partial charge on any atom is -0.496 e. The van der Waals surface area contributed by atoms with Crippen LogP contribution in [0.15, 0.2) is 24.8 Å². The van der Waals surface area contributed by atoms with Crippen LogP contribution in [-0.2, 0) is 37.7 Å². The van der Waals surface area contributed by atoms with E-state index in [0.717, 1.165) is 0 Å². The molecule has 1 fully saturated rings. The van der Waals surface area contributed by atoms with Gasteiger partial charge in [-0.25, -0.2) is 8.37 Å². The Labute approximate surface area is 178 Å². The summed E-state index contributed by atoms with van der Waals surface area (Å²) >= 11 is 16.4. The van der Waals surface area contributed by atoms with Crippen LogP contribution in [0.25, 0.3) is 0 Å². The van der Waals surface area contributed by atoms with Gasteiger partial charge in [0.25, 0.3) is 0 Å². The first-order chi connectivity index (χ1) is 12.9. The molecule has 0 spiro atoms. The first kappa shape index (κ1) is 25.2. The van der Waals surface area contributed by atoms with Crippen LogP contribution in [0.1, 0.15) is 12.8 Å². The van der Waals surface area contributed by atoms with Crippen LogP contribution in [-0.4, -0.2) is 68.9 Å². The Morgan fingerprint density at radius 2 is 1.82 bits per heavy atom. The van der Waals surface area contributed by atoms with Crippen molar-refractivity contribution in [2.45, 2.75) is 22.6 Å². The third-order valence-electron chi connectivity index (χ3n) is 3.02. The molecule has 0 bridgehead atoms. The zero-order chi connectivity index (χ0) is 21.4. The molecule has 1 aliphatic rings. The normalized spacial score (nSPS) is 18.4. The van der Waals surface area contributed by atoms with Crippen LogP contribution in [0.5, 0.6) is 0 Å². The molecule has 0 aromatic rings. The Bertz CT molecular complexity index is 677. The number of unbranched alkanes of at least 4 members (excludes halogenated alkanes) is 1. The maximum atomic E-state index is 12.0. The van der Waals surface area contributed by atoms with Crippen LogP contribution in [0.2, 0.25) is 0 Å². The minimum absolute atomic E-state index is 0.199. The second-order valence-corrected chi connectivity index (χ2v) is 9.42. The Kier molecular flexibility index (Phi) is 10.3. The van der Waals surface area contributed by atoms with Crippen molar-refractivity contribution in [3.63, 3.8) is 0 Å². The standard InChI is InChI=1S/C14H19BCl3NO8S/c1-3-4-5-6-7-11(27-28(22,23)24-10-14(16,17)18)15-25-12(20)8-19(2)9-13(21)26-15/h3,6-7,11H,1,4-5,8-10H2,2H3/b7-6+. The third kappa shape index (κ3) is 10.7. The highest BCUT2D eigenvalue weighted by Gasteiger charge is 2.42. The van der Waals surface area contributed by atoms with Gasteiger partial charge in [0.05, 0.1) is 13.1 Å². The first-order valence-corrected chi connectivity index (χ1v) is 10.4. The number of likely N-dealkylation sites (N-methyl/N-ethyl adjacent to an activating group) is 1. The summed E-state index contributed by atoms with van der Waals surface area (Å²) in [6.45, 7) is 2.35. The molecule has 1 aliphatic heterocycles. The van der Waals surface area contributed by atoms with Crippen LogP contribution in [0, 0.1) is 0 Å². The second-order valence-electron chi connectivity index (χ2n) is 5.66. The second kappa shape index (κ2) is 11.4. The Balaban J connectivity index is 2.99. The fourth-order valence-electron chi connectivity index (χ4n) is 1.90. The first-order valence-electron chi connectivity index (χ1n) is 7.91. The highest BCUT2D eigenvalue weighted by molar-refractivity contribution is 7.82. The number of carbonyl (C=O) groups excluding carboxylic acids is 2. The highest BCUT2D eigenvalue weighted by atomic mass is 35.6. The fraction of sp³-hybridized carbons (Fsp3) is 0.571. The van der Waals surface area contributed by atoms with E-state index in [-0.39, 0.29) is 13.1 Å². The van der Waals surface area contributed by atoms with Crippen molar-refractivity contribution in [3.05, 3.63) is 24.8 Å². The molecule has 0 N–H and O–H groups in total. The number of allylic oxidation sites excluding steroid dienone is 2. The molecule has 9 nitrogen and oxygen atoms in total. The molecule has 14 heteroatoms. The topological polar surface area (TPSA) is 108 Å². The van der Waals surface area contributed by atoms with Gasteiger partial charge in [0.1, 0.15) is 6.61 Å². The van der Waals surface area contributed by atoms with E-state index in [2.05, 4.69) is 10.8 Å². The maximum Gasteiger partial charge on any atom is 0.635 e. The van der Waals surface area contributed by atoms with Crippen molar-refractivity contribution in [2.75, 3.05) is 26.7 Å². The molecule has 1 heterocycles. The van der Waals surface area contributed by atoms with Gasteiger partial charge in [0.2, 0.25) is 3.79 Å². The number of alkyl halides is 3. The van der Waals surface area contributed by atoms with Crippen molar-refractivity contribution in [3.8, 4) is 0 Å². The van der Waals surface area contributed by atoms with Gasteiger partial charge < -0.3 is 9.31 Å².